The summed E-state index contributed by atoms with van der Waals surface area (Å²) in [4.78, 5) is 12.0. The minimum atomic E-state index is -0.858. The Labute approximate surface area is 103 Å². The van der Waals surface area contributed by atoms with Crippen LogP contribution >= 0.6 is 0 Å². The summed E-state index contributed by atoms with van der Waals surface area (Å²) in [5.41, 5.74) is -0.858. The third kappa shape index (κ3) is 2.98. The van der Waals surface area contributed by atoms with Crippen molar-refractivity contribution in [2.24, 2.45) is 11.3 Å². The van der Waals surface area contributed by atoms with Gasteiger partial charge in [0.25, 0.3) is 0 Å². The van der Waals surface area contributed by atoms with E-state index in [2.05, 4.69) is 11.4 Å². The van der Waals surface area contributed by atoms with Gasteiger partial charge in [-0.3, -0.25) is 4.79 Å². The van der Waals surface area contributed by atoms with Crippen LogP contribution in [0, 0.1) is 22.7 Å². The van der Waals surface area contributed by atoms with Crippen molar-refractivity contribution < 1.29 is 9.53 Å². The molecule has 4 heteroatoms. The topological polar surface area (TPSA) is 62.1 Å². The molecule has 0 radical (unpaired) electrons. The molecule has 17 heavy (non-hydrogen) atoms. The fraction of sp³-hybridized carbons (Fsp3) is 0.846. The van der Waals surface area contributed by atoms with Crippen molar-refractivity contribution in [3.05, 3.63) is 0 Å². The van der Waals surface area contributed by atoms with E-state index in [1.807, 2.05) is 20.8 Å². The minimum absolute atomic E-state index is 0.135. The first-order valence-corrected chi connectivity index (χ1v) is 6.40. The van der Waals surface area contributed by atoms with Crippen LogP contribution in [0.3, 0.4) is 0 Å². The monoisotopic (exact) mass is 238 g/mol. The van der Waals surface area contributed by atoms with Crippen LogP contribution in [0.25, 0.3) is 0 Å². The van der Waals surface area contributed by atoms with Crippen LogP contribution in [-0.2, 0) is 9.53 Å². The van der Waals surface area contributed by atoms with Crippen molar-refractivity contribution in [1.82, 2.24) is 5.32 Å². The van der Waals surface area contributed by atoms with Crippen LogP contribution in [0.15, 0.2) is 0 Å². The molecular formula is C13H22N2O2. The molecular weight excluding hydrogens is 216 g/mol. The number of amides is 1. The van der Waals surface area contributed by atoms with Crippen molar-refractivity contribution >= 4 is 5.91 Å². The third-order valence-electron chi connectivity index (χ3n) is 3.91. The van der Waals surface area contributed by atoms with Gasteiger partial charge in [0, 0.05) is 19.1 Å². The summed E-state index contributed by atoms with van der Waals surface area (Å²) in [6.07, 6.45) is 2.31. The van der Waals surface area contributed by atoms with Crippen molar-refractivity contribution in [3.8, 4) is 6.07 Å². The maximum absolute atomic E-state index is 12.0. The molecule has 0 bridgehead atoms. The summed E-state index contributed by atoms with van der Waals surface area (Å²) in [6, 6.07) is 2.16. The number of nitrogens with zero attached hydrogens (tertiary/aromatic N) is 1. The first kappa shape index (κ1) is 14.0. The zero-order valence-electron chi connectivity index (χ0n) is 11.0. The lowest BCUT2D eigenvalue weighted by molar-refractivity contribution is -0.128. The summed E-state index contributed by atoms with van der Waals surface area (Å²) in [7, 11) is 0. The second-order valence-electron chi connectivity index (χ2n) is 4.74. The lowest BCUT2D eigenvalue weighted by Crippen LogP contribution is -2.42. The number of hydrogen-bond donors (Lipinski definition) is 1. The van der Waals surface area contributed by atoms with Gasteiger partial charge in [0.15, 0.2) is 0 Å². The number of ether oxygens (including phenoxy) is 1. The molecule has 1 rings (SSSR count). The molecule has 0 aromatic heterocycles. The summed E-state index contributed by atoms with van der Waals surface area (Å²) in [6.45, 7) is 7.18. The molecule has 1 fully saturated rings. The molecule has 1 heterocycles. The molecule has 2 atom stereocenters. The van der Waals surface area contributed by atoms with Crippen molar-refractivity contribution in [3.63, 3.8) is 0 Å². The summed E-state index contributed by atoms with van der Waals surface area (Å²) >= 11 is 0. The van der Waals surface area contributed by atoms with E-state index in [0.29, 0.717) is 25.3 Å². The van der Waals surface area contributed by atoms with Crippen LogP contribution in [0.1, 0.15) is 40.0 Å². The summed E-state index contributed by atoms with van der Waals surface area (Å²) < 4.78 is 5.45. The summed E-state index contributed by atoms with van der Waals surface area (Å²) in [5, 5.41) is 12.1. The second-order valence-corrected chi connectivity index (χ2v) is 4.74. The number of hydrogen-bond acceptors (Lipinski definition) is 3. The van der Waals surface area contributed by atoms with Gasteiger partial charge in [-0.2, -0.15) is 5.26 Å². The normalized spacial score (nSPS) is 24.4. The van der Waals surface area contributed by atoms with Gasteiger partial charge < -0.3 is 10.1 Å². The highest BCUT2D eigenvalue weighted by Crippen LogP contribution is 2.26. The van der Waals surface area contributed by atoms with Gasteiger partial charge >= 0.3 is 0 Å². The van der Waals surface area contributed by atoms with Gasteiger partial charge in [0.1, 0.15) is 5.41 Å². The highest BCUT2D eigenvalue weighted by Gasteiger charge is 2.35. The van der Waals surface area contributed by atoms with Crippen molar-refractivity contribution in [2.45, 2.75) is 46.1 Å². The molecule has 0 spiro atoms. The quantitative estimate of drug-likeness (QED) is 0.795. The van der Waals surface area contributed by atoms with E-state index >= 15 is 0 Å². The third-order valence-corrected chi connectivity index (χ3v) is 3.91. The van der Waals surface area contributed by atoms with Gasteiger partial charge in [-0.1, -0.05) is 13.8 Å². The lowest BCUT2D eigenvalue weighted by atomic mass is 9.83. The maximum atomic E-state index is 12.0. The maximum Gasteiger partial charge on any atom is 0.240 e. The first-order chi connectivity index (χ1) is 8.09. The highest BCUT2D eigenvalue weighted by molar-refractivity contribution is 5.85. The molecule has 1 aliphatic heterocycles. The Kier molecular flexibility index (Phi) is 4.95. The van der Waals surface area contributed by atoms with Gasteiger partial charge in [0.05, 0.1) is 12.2 Å². The van der Waals surface area contributed by atoms with Gasteiger partial charge in [0.2, 0.25) is 5.91 Å². The molecule has 0 saturated carbocycles. The van der Waals surface area contributed by atoms with E-state index in [0.717, 1.165) is 13.0 Å². The minimum Gasteiger partial charge on any atom is -0.378 e. The molecule has 1 aliphatic rings. The predicted octanol–water partition coefficient (Wildman–Crippen LogP) is 1.86. The Morgan fingerprint density at radius 3 is 2.59 bits per heavy atom. The van der Waals surface area contributed by atoms with Crippen molar-refractivity contribution in [2.75, 3.05) is 13.2 Å². The fourth-order valence-corrected chi connectivity index (χ4v) is 2.22. The van der Waals surface area contributed by atoms with Gasteiger partial charge in [-0.05, 0) is 26.2 Å². The Balaban J connectivity index is 2.51. The standard InChI is InChI=1S/C13H22N2O2/c1-4-13(5-2,9-14)12(16)15-8-11-6-7-17-10(11)3/h10-11H,4-8H2,1-3H3,(H,15,16). The Morgan fingerprint density at radius 2 is 2.18 bits per heavy atom. The van der Waals surface area contributed by atoms with Crippen LogP contribution in [0.4, 0.5) is 0 Å². The van der Waals surface area contributed by atoms with E-state index in [9.17, 15) is 4.79 Å². The number of rotatable bonds is 5. The van der Waals surface area contributed by atoms with Crippen LogP contribution in [0.5, 0.6) is 0 Å². The second kappa shape index (κ2) is 6.02. The van der Waals surface area contributed by atoms with Crippen LogP contribution in [-0.4, -0.2) is 25.2 Å². The van der Waals surface area contributed by atoms with Gasteiger partial charge in [-0.25, -0.2) is 0 Å². The molecule has 1 amide bonds. The predicted molar refractivity (Wildman–Crippen MR) is 65.2 cm³/mol. The molecule has 0 aliphatic carbocycles. The van der Waals surface area contributed by atoms with Crippen LogP contribution < -0.4 is 5.32 Å². The SMILES string of the molecule is CCC(C#N)(CC)C(=O)NCC1CCOC1C. The van der Waals surface area contributed by atoms with E-state index in [1.165, 1.54) is 0 Å². The zero-order valence-corrected chi connectivity index (χ0v) is 11.0. The van der Waals surface area contributed by atoms with E-state index in [1.54, 1.807) is 0 Å². The zero-order chi connectivity index (χ0) is 12.9. The average molecular weight is 238 g/mol. The number of carbonyl (C=O) groups is 1. The molecule has 4 nitrogen and oxygen atoms in total. The van der Waals surface area contributed by atoms with Gasteiger partial charge in [-0.15, -0.1) is 0 Å². The molecule has 1 N–H and O–H groups in total. The van der Waals surface area contributed by atoms with E-state index < -0.39 is 5.41 Å². The Morgan fingerprint density at radius 1 is 1.53 bits per heavy atom. The average Bonchev–Trinajstić information content (AvgIpc) is 2.75. The number of carbonyl (C=O) groups excluding carboxylic acids is 1. The largest absolute Gasteiger partial charge is 0.378 e. The lowest BCUT2D eigenvalue weighted by Gasteiger charge is -2.23. The molecule has 0 aromatic carbocycles. The smallest absolute Gasteiger partial charge is 0.240 e. The first-order valence-electron chi connectivity index (χ1n) is 6.40. The molecule has 0 aromatic rings. The van der Waals surface area contributed by atoms with E-state index in [4.69, 9.17) is 10.00 Å². The highest BCUT2D eigenvalue weighted by atomic mass is 16.5. The molecule has 96 valence electrons. The Bertz CT molecular complexity index is 305. The summed E-state index contributed by atoms with van der Waals surface area (Å²) in [5.74, 6) is 0.244. The number of nitriles is 1. The Hall–Kier alpha value is -1.08. The van der Waals surface area contributed by atoms with E-state index in [-0.39, 0.29) is 12.0 Å². The number of nitrogens with one attached hydrogen (secondary N) is 1. The molecule has 2 unspecified atom stereocenters. The fourth-order valence-electron chi connectivity index (χ4n) is 2.22. The van der Waals surface area contributed by atoms with Crippen molar-refractivity contribution in [1.29, 1.82) is 5.26 Å². The molecule has 1 saturated heterocycles. The van der Waals surface area contributed by atoms with Crippen LogP contribution in [0.2, 0.25) is 0 Å².